The Labute approximate surface area is 108 Å². The number of carbonyl (C=O) groups is 1. The molecule has 1 aliphatic heterocycles. The zero-order valence-corrected chi connectivity index (χ0v) is 10.8. The normalized spacial score (nSPS) is 13.4. The SMILES string of the molecule is CCCNC(=O)COc1ccc2c(c1)NCCC2. The van der Waals surface area contributed by atoms with Gasteiger partial charge in [0, 0.05) is 24.8 Å². The molecular formula is C14H20N2O2. The van der Waals surface area contributed by atoms with E-state index in [0.717, 1.165) is 30.8 Å². The Bertz CT molecular complexity index is 418. The van der Waals surface area contributed by atoms with Gasteiger partial charge in [0.2, 0.25) is 0 Å². The molecule has 0 fully saturated rings. The lowest BCUT2D eigenvalue weighted by Crippen LogP contribution is -2.29. The molecule has 0 aromatic heterocycles. The molecule has 2 N–H and O–H groups in total. The van der Waals surface area contributed by atoms with Gasteiger partial charge in [0.1, 0.15) is 5.75 Å². The summed E-state index contributed by atoms with van der Waals surface area (Å²) in [5, 5.41) is 6.13. The summed E-state index contributed by atoms with van der Waals surface area (Å²) in [6.07, 6.45) is 3.22. The van der Waals surface area contributed by atoms with Crippen LogP contribution in [-0.4, -0.2) is 25.6 Å². The van der Waals surface area contributed by atoms with Gasteiger partial charge >= 0.3 is 0 Å². The molecule has 0 saturated heterocycles. The molecule has 0 spiro atoms. The molecule has 0 unspecified atom stereocenters. The van der Waals surface area contributed by atoms with Crippen molar-refractivity contribution < 1.29 is 9.53 Å². The summed E-state index contributed by atoms with van der Waals surface area (Å²) in [6, 6.07) is 5.97. The number of fused-ring (bicyclic) bond motifs is 1. The molecular weight excluding hydrogens is 228 g/mol. The summed E-state index contributed by atoms with van der Waals surface area (Å²) in [5.74, 6) is 0.678. The van der Waals surface area contributed by atoms with Crippen LogP contribution in [0.15, 0.2) is 18.2 Å². The Kier molecular flexibility index (Phi) is 4.45. The van der Waals surface area contributed by atoms with E-state index in [4.69, 9.17) is 4.74 Å². The van der Waals surface area contributed by atoms with Crippen LogP contribution >= 0.6 is 0 Å². The minimum Gasteiger partial charge on any atom is -0.484 e. The Morgan fingerprint density at radius 3 is 3.22 bits per heavy atom. The van der Waals surface area contributed by atoms with Gasteiger partial charge in [0.25, 0.3) is 5.91 Å². The van der Waals surface area contributed by atoms with Crippen LogP contribution in [0.1, 0.15) is 25.3 Å². The van der Waals surface area contributed by atoms with Crippen LogP contribution in [0.2, 0.25) is 0 Å². The van der Waals surface area contributed by atoms with Crippen LogP contribution in [-0.2, 0) is 11.2 Å². The monoisotopic (exact) mass is 248 g/mol. The minimum atomic E-state index is -0.0671. The zero-order valence-electron chi connectivity index (χ0n) is 10.8. The highest BCUT2D eigenvalue weighted by Gasteiger charge is 2.09. The van der Waals surface area contributed by atoms with Gasteiger partial charge in [-0.3, -0.25) is 4.79 Å². The topological polar surface area (TPSA) is 50.4 Å². The number of aryl methyl sites for hydroxylation is 1. The van der Waals surface area contributed by atoms with Crippen molar-refractivity contribution in [1.29, 1.82) is 0 Å². The maximum Gasteiger partial charge on any atom is 0.257 e. The maximum atomic E-state index is 11.4. The highest BCUT2D eigenvalue weighted by atomic mass is 16.5. The molecule has 1 aromatic carbocycles. The fourth-order valence-electron chi connectivity index (χ4n) is 1.99. The van der Waals surface area contributed by atoms with E-state index in [1.165, 1.54) is 12.0 Å². The van der Waals surface area contributed by atoms with Gasteiger partial charge < -0.3 is 15.4 Å². The molecule has 0 saturated carbocycles. The van der Waals surface area contributed by atoms with Gasteiger partial charge in [0.05, 0.1) is 0 Å². The van der Waals surface area contributed by atoms with Crippen LogP contribution < -0.4 is 15.4 Å². The van der Waals surface area contributed by atoms with Crippen LogP contribution in [0, 0.1) is 0 Å². The second-order valence-corrected chi connectivity index (χ2v) is 4.49. The fraction of sp³-hybridized carbons (Fsp3) is 0.500. The molecule has 4 heteroatoms. The van der Waals surface area contributed by atoms with E-state index in [1.807, 2.05) is 19.1 Å². The molecule has 4 nitrogen and oxygen atoms in total. The van der Waals surface area contributed by atoms with E-state index in [2.05, 4.69) is 16.7 Å². The predicted molar refractivity (Wildman–Crippen MR) is 72.0 cm³/mol. The van der Waals surface area contributed by atoms with Gasteiger partial charge in [-0.25, -0.2) is 0 Å². The number of hydrogen-bond donors (Lipinski definition) is 2. The van der Waals surface area contributed by atoms with Crippen LogP contribution in [0.5, 0.6) is 5.75 Å². The lowest BCUT2D eigenvalue weighted by molar-refractivity contribution is -0.123. The molecule has 98 valence electrons. The van der Waals surface area contributed by atoms with Crippen LogP contribution in [0.4, 0.5) is 5.69 Å². The zero-order chi connectivity index (χ0) is 12.8. The first-order valence-electron chi connectivity index (χ1n) is 6.56. The van der Waals surface area contributed by atoms with E-state index < -0.39 is 0 Å². The third-order valence-corrected chi connectivity index (χ3v) is 2.96. The van der Waals surface area contributed by atoms with Crippen molar-refractivity contribution in [2.75, 3.05) is 25.0 Å². The molecule has 0 radical (unpaired) electrons. The van der Waals surface area contributed by atoms with E-state index in [-0.39, 0.29) is 12.5 Å². The Hall–Kier alpha value is -1.71. The van der Waals surface area contributed by atoms with Gasteiger partial charge in [-0.05, 0) is 30.9 Å². The number of benzene rings is 1. The number of carbonyl (C=O) groups excluding carboxylic acids is 1. The van der Waals surface area contributed by atoms with Crippen LogP contribution in [0.3, 0.4) is 0 Å². The summed E-state index contributed by atoms with van der Waals surface area (Å²) >= 11 is 0. The maximum absolute atomic E-state index is 11.4. The van der Waals surface area contributed by atoms with Crippen molar-refractivity contribution in [2.45, 2.75) is 26.2 Å². The summed E-state index contributed by atoms with van der Waals surface area (Å²) in [6.45, 7) is 3.82. The van der Waals surface area contributed by atoms with E-state index in [9.17, 15) is 4.79 Å². The van der Waals surface area contributed by atoms with Gasteiger partial charge in [-0.2, -0.15) is 0 Å². The van der Waals surface area contributed by atoms with Crippen molar-refractivity contribution in [2.24, 2.45) is 0 Å². The quantitative estimate of drug-likeness (QED) is 0.837. The first-order valence-corrected chi connectivity index (χ1v) is 6.56. The molecule has 0 aliphatic carbocycles. The van der Waals surface area contributed by atoms with Crippen LogP contribution in [0.25, 0.3) is 0 Å². The molecule has 2 rings (SSSR count). The van der Waals surface area contributed by atoms with Crippen molar-refractivity contribution in [3.63, 3.8) is 0 Å². The predicted octanol–water partition coefficient (Wildman–Crippen LogP) is 1.95. The second kappa shape index (κ2) is 6.28. The average molecular weight is 248 g/mol. The van der Waals surface area contributed by atoms with Gasteiger partial charge in [-0.1, -0.05) is 13.0 Å². The third kappa shape index (κ3) is 3.39. The molecule has 1 aromatic rings. The third-order valence-electron chi connectivity index (χ3n) is 2.96. The highest BCUT2D eigenvalue weighted by Crippen LogP contribution is 2.26. The molecule has 0 atom stereocenters. The first-order chi connectivity index (χ1) is 8.79. The molecule has 1 amide bonds. The largest absolute Gasteiger partial charge is 0.484 e. The average Bonchev–Trinajstić information content (AvgIpc) is 2.42. The van der Waals surface area contributed by atoms with Crippen molar-refractivity contribution in [1.82, 2.24) is 5.32 Å². The lowest BCUT2D eigenvalue weighted by atomic mass is 10.0. The fourth-order valence-corrected chi connectivity index (χ4v) is 1.99. The Morgan fingerprint density at radius 2 is 2.39 bits per heavy atom. The molecule has 18 heavy (non-hydrogen) atoms. The molecule has 0 bridgehead atoms. The second-order valence-electron chi connectivity index (χ2n) is 4.49. The smallest absolute Gasteiger partial charge is 0.257 e. The van der Waals surface area contributed by atoms with Crippen molar-refractivity contribution >= 4 is 11.6 Å². The number of hydrogen-bond acceptors (Lipinski definition) is 3. The van der Waals surface area contributed by atoms with E-state index >= 15 is 0 Å². The number of nitrogens with one attached hydrogen (secondary N) is 2. The number of ether oxygens (including phenoxy) is 1. The minimum absolute atomic E-state index is 0.0671. The van der Waals surface area contributed by atoms with Crippen molar-refractivity contribution in [3.05, 3.63) is 23.8 Å². The number of rotatable bonds is 5. The van der Waals surface area contributed by atoms with Gasteiger partial charge in [-0.15, -0.1) is 0 Å². The van der Waals surface area contributed by atoms with Gasteiger partial charge in [0.15, 0.2) is 6.61 Å². The van der Waals surface area contributed by atoms with E-state index in [0.29, 0.717) is 6.54 Å². The first kappa shape index (κ1) is 12.7. The van der Waals surface area contributed by atoms with Crippen molar-refractivity contribution in [3.8, 4) is 5.75 Å². The Morgan fingerprint density at radius 1 is 1.50 bits per heavy atom. The number of anilines is 1. The molecule has 1 aliphatic rings. The highest BCUT2D eigenvalue weighted by molar-refractivity contribution is 5.77. The summed E-state index contributed by atoms with van der Waals surface area (Å²) < 4.78 is 5.48. The Balaban J connectivity index is 1.88. The number of amides is 1. The molecule has 1 heterocycles. The van der Waals surface area contributed by atoms with E-state index in [1.54, 1.807) is 0 Å². The standard InChI is InChI=1S/C14H20N2O2/c1-2-7-16-14(17)10-18-12-6-5-11-4-3-8-15-13(11)9-12/h5-6,9,15H,2-4,7-8,10H2,1H3,(H,16,17). The lowest BCUT2D eigenvalue weighted by Gasteiger charge is -2.18. The summed E-state index contributed by atoms with van der Waals surface area (Å²) in [5.41, 5.74) is 2.46. The summed E-state index contributed by atoms with van der Waals surface area (Å²) in [7, 11) is 0. The summed E-state index contributed by atoms with van der Waals surface area (Å²) in [4.78, 5) is 11.4.